The van der Waals surface area contributed by atoms with Crippen molar-refractivity contribution in [3.05, 3.63) is 95.4 Å². The average Bonchev–Trinajstić information content (AvgIpc) is 2.67. The summed E-state index contributed by atoms with van der Waals surface area (Å²) in [7, 11) is 1.47. The fourth-order valence-corrected chi connectivity index (χ4v) is 2.59. The van der Waals surface area contributed by atoms with Crippen LogP contribution in [0.25, 0.3) is 0 Å². The van der Waals surface area contributed by atoms with Gasteiger partial charge < -0.3 is 10.1 Å². The second-order valence-corrected chi connectivity index (χ2v) is 5.43. The summed E-state index contributed by atoms with van der Waals surface area (Å²) in [6.45, 7) is 0. The van der Waals surface area contributed by atoms with Crippen molar-refractivity contribution in [1.82, 2.24) is 10.3 Å². The SMILES string of the molecule is COc1ncccc1C(=O)NC(c1ccccc1)c1ccc(F)cc1. The van der Waals surface area contributed by atoms with Crippen molar-refractivity contribution in [2.45, 2.75) is 6.04 Å². The number of carbonyl (C=O) groups excluding carboxylic acids is 1. The van der Waals surface area contributed by atoms with Gasteiger partial charge in [-0.1, -0.05) is 42.5 Å². The predicted molar refractivity (Wildman–Crippen MR) is 92.9 cm³/mol. The first-order chi connectivity index (χ1) is 12.2. The van der Waals surface area contributed by atoms with Crippen LogP contribution in [0.4, 0.5) is 4.39 Å². The lowest BCUT2D eigenvalue weighted by molar-refractivity contribution is 0.0939. The van der Waals surface area contributed by atoms with Gasteiger partial charge in [0.1, 0.15) is 11.4 Å². The Labute approximate surface area is 145 Å². The number of pyridine rings is 1. The fourth-order valence-electron chi connectivity index (χ4n) is 2.59. The van der Waals surface area contributed by atoms with Gasteiger partial charge in [-0.2, -0.15) is 0 Å². The summed E-state index contributed by atoms with van der Waals surface area (Å²) < 4.78 is 18.4. The van der Waals surface area contributed by atoms with E-state index in [0.29, 0.717) is 5.56 Å². The lowest BCUT2D eigenvalue weighted by Crippen LogP contribution is -2.29. The molecule has 4 nitrogen and oxygen atoms in total. The summed E-state index contributed by atoms with van der Waals surface area (Å²) in [4.78, 5) is 16.8. The summed E-state index contributed by atoms with van der Waals surface area (Å²) >= 11 is 0. The number of halogens is 1. The Morgan fingerprint density at radius 3 is 2.36 bits per heavy atom. The number of carbonyl (C=O) groups is 1. The highest BCUT2D eigenvalue weighted by molar-refractivity contribution is 5.96. The third-order valence-electron chi connectivity index (χ3n) is 3.82. The number of nitrogens with zero attached hydrogens (tertiary/aromatic N) is 1. The van der Waals surface area contributed by atoms with E-state index >= 15 is 0 Å². The fraction of sp³-hybridized carbons (Fsp3) is 0.100. The molecule has 0 fully saturated rings. The second-order valence-electron chi connectivity index (χ2n) is 5.43. The standard InChI is InChI=1S/C20H17FN2O2/c1-25-20-17(8-5-13-22-20)19(24)23-18(14-6-3-2-4-7-14)15-9-11-16(21)12-10-15/h2-13,18H,1H3,(H,23,24). The maximum Gasteiger partial charge on any atom is 0.257 e. The van der Waals surface area contributed by atoms with Crippen molar-refractivity contribution in [2.75, 3.05) is 7.11 Å². The van der Waals surface area contributed by atoms with E-state index < -0.39 is 6.04 Å². The van der Waals surface area contributed by atoms with Crippen LogP contribution in [0.15, 0.2) is 72.9 Å². The van der Waals surface area contributed by atoms with E-state index in [0.717, 1.165) is 11.1 Å². The summed E-state index contributed by atoms with van der Waals surface area (Å²) in [5.74, 6) is -0.384. The van der Waals surface area contributed by atoms with Gasteiger partial charge in [-0.05, 0) is 35.4 Å². The summed E-state index contributed by atoms with van der Waals surface area (Å²) in [6, 6.07) is 18.5. The van der Waals surface area contributed by atoms with Crippen molar-refractivity contribution < 1.29 is 13.9 Å². The molecule has 3 rings (SSSR count). The molecular weight excluding hydrogens is 319 g/mol. The van der Waals surface area contributed by atoms with Crippen molar-refractivity contribution in [1.29, 1.82) is 0 Å². The third-order valence-corrected chi connectivity index (χ3v) is 3.82. The van der Waals surface area contributed by atoms with E-state index in [9.17, 15) is 9.18 Å². The molecule has 0 aliphatic heterocycles. The van der Waals surface area contributed by atoms with Crippen LogP contribution in [0.2, 0.25) is 0 Å². The van der Waals surface area contributed by atoms with Gasteiger partial charge in [0.2, 0.25) is 5.88 Å². The second kappa shape index (κ2) is 7.57. The van der Waals surface area contributed by atoms with E-state index in [-0.39, 0.29) is 17.6 Å². The van der Waals surface area contributed by atoms with Crippen molar-refractivity contribution in [2.24, 2.45) is 0 Å². The Morgan fingerprint density at radius 2 is 1.68 bits per heavy atom. The molecule has 0 saturated carbocycles. The molecule has 0 aliphatic carbocycles. The molecule has 0 spiro atoms. The zero-order valence-electron chi connectivity index (χ0n) is 13.6. The lowest BCUT2D eigenvalue weighted by Gasteiger charge is -2.20. The number of benzene rings is 2. The molecule has 1 aromatic heterocycles. The first-order valence-electron chi connectivity index (χ1n) is 7.79. The largest absolute Gasteiger partial charge is 0.480 e. The summed E-state index contributed by atoms with van der Waals surface area (Å²) in [5, 5.41) is 2.98. The molecule has 25 heavy (non-hydrogen) atoms. The van der Waals surface area contributed by atoms with Crippen LogP contribution in [0, 0.1) is 5.82 Å². The number of ether oxygens (including phenoxy) is 1. The van der Waals surface area contributed by atoms with Gasteiger partial charge in [0.25, 0.3) is 5.91 Å². The highest BCUT2D eigenvalue weighted by Gasteiger charge is 2.20. The van der Waals surface area contributed by atoms with Crippen LogP contribution in [-0.4, -0.2) is 18.0 Å². The molecule has 2 aromatic carbocycles. The Bertz CT molecular complexity index is 851. The number of hydrogen-bond acceptors (Lipinski definition) is 3. The molecule has 0 bridgehead atoms. The molecule has 1 unspecified atom stereocenters. The van der Waals surface area contributed by atoms with E-state index in [4.69, 9.17) is 4.74 Å². The summed E-state index contributed by atoms with van der Waals surface area (Å²) in [6.07, 6.45) is 1.56. The van der Waals surface area contributed by atoms with Crippen LogP contribution in [-0.2, 0) is 0 Å². The molecular formula is C20H17FN2O2. The topological polar surface area (TPSA) is 51.2 Å². The Balaban J connectivity index is 1.95. The molecule has 1 heterocycles. The van der Waals surface area contributed by atoms with Gasteiger partial charge in [-0.15, -0.1) is 0 Å². The minimum absolute atomic E-state index is 0.255. The van der Waals surface area contributed by atoms with Gasteiger partial charge in [-0.25, -0.2) is 9.37 Å². The highest BCUT2D eigenvalue weighted by atomic mass is 19.1. The van der Waals surface area contributed by atoms with Crippen molar-refractivity contribution in [3.8, 4) is 5.88 Å². The monoisotopic (exact) mass is 336 g/mol. The lowest BCUT2D eigenvalue weighted by atomic mass is 9.98. The molecule has 1 atom stereocenters. The van der Waals surface area contributed by atoms with Crippen molar-refractivity contribution >= 4 is 5.91 Å². The van der Waals surface area contributed by atoms with Gasteiger partial charge in [0.05, 0.1) is 13.2 Å². The van der Waals surface area contributed by atoms with Gasteiger partial charge >= 0.3 is 0 Å². The van der Waals surface area contributed by atoms with Gasteiger partial charge in [0.15, 0.2) is 0 Å². The Hall–Kier alpha value is -3.21. The van der Waals surface area contributed by atoms with Crippen LogP contribution >= 0.6 is 0 Å². The zero-order chi connectivity index (χ0) is 17.6. The van der Waals surface area contributed by atoms with Crippen LogP contribution in [0.5, 0.6) is 5.88 Å². The third kappa shape index (κ3) is 3.83. The minimum atomic E-state index is -0.417. The van der Waals surface area contributed by atoms with E-state index in [1.807, 2.05) is 30.3 Å². The smallest absolute Gasteiger partial charge is 0.257 e. The number of rotatable bonds is 5. The Morgan fingerprint density at radius 1 is 1.00 bits per heavy atom. The molecule has 5 heteroatoms. The number of aromatic nitrogens is 1. The number of hydrogen-bond donors (Lipinski definition) is 1. The molecule has 0 radical (unpaired) electrons. The molecule has 0 aliphatic rings. The van der Waals surface area contributed by atoms with E-state index in [1.165, 1.54) is 19.2 Å². The quantitative estimate of drug-likeness (QED) is 0.772. The highest BCUT2D eigenvalue weighted by Crippen LogP contribution is 2.24. The Kier molecular flexibility index (Phi) is 5.04. The van der Waals surface area contributed by atoms with Crippen LogP contribution in [0.1, 0.15) is 27.5 Å². The molecule has 126 valence electrons. The summed E-state index contributed by atoms with van der Waals surface area (Å²) in [5.41, 5.74) is 2.02. The maximum absolute atomic E-state index is 13.3. The van der Waals surface area contributed by atoms with Gasteiger partial charge in [0, 0.05) is 6.20 Å². The number of nitrogens with one attached hydrogen (secondary N) is 1. The van der Waals surface area contributed by atoms with E-state index in [2.05, 4.69) is 10.3 Å². The molecule has 1 N–H and O–H groups in total. The first-order valence-corrected chi connectivity index (χ1v) is 7.79. The van der Waals surface area contributed by atoms with E-state index in [1.54, 1.807) is 30.5 Å². The molecule has 3 aromatic rings. The zero-order valence-corrected chi connectivity index (χ0v) is 13.6. The van der Waals surface area contributed by atoms with Gasteiger partial charge in [-0.3, -0.25) is 4.79 Å². The average molecular weight is 336 g/mol. The maximum atomic E-state index is 13.3. The molecule has 0 saturated heterocycles. The predicted octanol–water partition coefficient (Wildman–Crippen LogP) is 3.75. The normalized spacial score (nSPS) is 11.6. The minimum Gasteiger partial charge on any atom is -0.480 e. The first kappa shape index (κ1) is 16.6. The number of amides is 1. The van der Waals surface area contributed by atoms with Crippen molar-refractivity contribution in [3.63, 3.8) is 0 Å². The number of methoxy groups -OCH3 is 1. The van der Waals surface area contributed by atoms with Crippen LogP contribution < -0.4 is 10.1 Å². The molecule has 1 amide bonds. The van der Waals surface area contributed by atoms with Crippen LogP contribution in [0.3, 0.4) is 0 Å².